The van der Waals surface area contributed by atoms with Crippen LogP contribution in [0.5, 0.6) is 0 Å². The normalized spacial score (nSPS) is 44.1. The average molecular weight is 403 g/mol. The first kappa shape index (κ1) is 21.2. The van der Waals surface area contributed by atoms with Crippen molar-refractivity contribution in [1.82, 2.24) is 9.80 Å². The summed E-state index contributed by atoms with van der Waals surface area (Å²) < 4.78 is 0. The number of hydrogen-bond donors (Lipinski definition) is 0. The second kappa shape index (κ2) is 7.89. The topological polar surface area (TPSA) is 40.6 Å². The van der Waals surface area contributed by atoms with E-state index in [2.05, 4.69) is 30.6 Å². The molecule has 7 atom stereocenters. The molecule has 0 aromatic carbocycles. The maximum atomic E-state index is 12.3. The van der Waals surface area contributed by atoms with Gasteiger partial charge in [0.15, 0.2) is 0 Å². The van der Waals surface area contributed by atoms with Crippen LogP contribution in [0.25, 0.3) is 0 Å². The van der Waals surface area contributed by atoms with Crippen molar-refractivity contribution in [1.29, 1.82) is 0 Å². The van der Waals surface area contributed by atoms with Gasteiger partial charge in [-0.15, -0.1) is 0 Å². The third-order valence-corrected chi connectivity index (χ3v) is 10.1. The number of fused-ring (bicyclic) bond motifs is 5. The SMILES string of the molecule is CCCCCN(C=O)[C@H]1CCC2C3CC[C@H]4N(C)C(=O)CC[C@]4(C)C3CC[C@@]21C. The largest absolute Gasteiger partial charge is 0.342 e. The van der Waals surface area contributed by atoms with E-state index in [4.69, 9.17) is 0 Å². The molecule has 0 spiro atoms. The lowest BCUT2D eigenvalue weighted by Gasteiger charge is -2.62. The smallest absolute Gasteiger partial charge is 0.222 e. The number of carbonyl (C=O) groups excluding carboxylic acids is 2. The Morgan fingerprint density at radius 3 is 2.52 bits per heavy atom. The molecule has 3 aliphatic carbocycles. The number of amides is 2. The predicted octanol–water partition coefficient (Wildman–Crippen LogP) is 4.87. The van der Waals surface area contributed by atoms with E-state index in [1.165, 1.54) is 51.4 Å². The molecule has 3 unspecified atom stereocenters. The minimum Gasteiger partial charge on any atom is -0.342 e. The number of piperidine rings is 1. The monoisotopic (exact) mass is 402 g/mol. The van der Waals surface area contributed by atoms with Gasteiger partial charge in [-0.2, -0.15) is 0 Å². The van der Waals surface area contributed by atoms with Gasteiger partial charge >= 0.3 is 0 Å². The van der Waals surface area contributed by atoms with Crippen molar-refractivity contribution in [3.63, 3.8) is 0 Å². The van der Waals surface area contributed by atoms with Crippen molar-refractivity contribution < 1.29 is 9.59 Å². The molecule has 4 nitrogen and oxygen atoms in total. The lowest BCUT2D eigenvalue weighted by atomic mass is 9.47. The first-order valence-corrected chi connectivity index (χ1v) is 12.3. The summed E-state index contributed by atoms with van der Waals surface area (Å²) in [5.41, 5.74) is 0.574. The van der Waals surface area contributed by atoms with Gasteiger partial charge in [0, 0.05) is 32.1 Å². The molecule has 2 amide bonds. The Kier molecular flexibility index (Phi) is 5.76. The van der Waals surface area contributed by atoms with Crippen LogP contribution in [0.3, 0.4) is 0 Å². The number of rotatable bonds is 6. The molecule has 3 saturated carbocycles. The highest BCUT2D eigenvalue weighted by atomic mass is 16.2. The first-order chi connectivity index (χ1) is 13.9. The molecule has 0 radical (unpaired) electrons. The third kappa shape index (κ3) is 3.24. The van der Waals surface area contributed by atoms with Crippen molar-refractivity contribution in [2.45, 2.75) is 103 Å². The van der Waals surface area contributed by atoms with Crippen molar-refractivity contribution in [2.24, 2.45) is 28.6 Å². The van der Waals surface area contributed by atoms with Gasteiger partial charge in [-0.05, 0) is 80.0 Å². The van der Waals surface area contributed by atoms with Gasteiger partial charge in [0.2, 0.25) is 12.3 Å². The number of carbonyl (C=O) groups is 2. The first-order valence-electron chi connectivity index (χ1n) is 12.3. The average Bonchev–Trinajstić information content (AvgIpc) is 3.06. The molecule has 4 heteroatoms. The molecular formula is C25H42N2O2. The summed E-state index contributed by atoms with van der Waals surface area (Å²) in [7, 11) is 2.04. The predicted molar refractivity (Wildman–Crippen MR) is 116 cm³/mol. The zero-order valence-corrected chi connectivity index (χ0v) is 19.2. The van der Waals surface area contributed by atoms with Crippen LogP contribution in [0.15, 0.2) is 0 Å². The number of unbranched alkanes of at least 4 members (excludes halogenated alkanes) is 2. The van der Waals surface area contributed by atoms with Crippen molar-refractivity contribution in [2.75, 3.05) is 13.6 Å². The number of nitrogens with zero attached hydrogens (tertiary/aromatic N) is 2. The molecule has 0 bridgehead atoms. The fourth-order valence-corrected chi connectivity index (χ4v) is 8.49. The summed E-state index contributed by atoms with van der Waals surface area (Å²) in [5.74, 6) is 2.63. The van der Waals surface area contributed by atoms with E-state index in [0.717, 1.165) is 50.0 Å². The van der Waals surface area contributed by atoms with Crippen molar-refractivity contribution in [3.05, 3.63) is 0 Å². The van der Waals surface area contributed by atoms with Crippen LogP contribution in [-0.2, 0) is 9.59 Å². The summed E-state index contributed by atoms with van der Waals surface area (Å²) >= 11 is 0. The fourth-order valence-electron chi connectivity index (χ4n) is 8.49. The third-order valence-electron chi connectivity index (χ3n) is 10.1. The lowest BCUT2D eigenvalue weighted by molar-refractivity contribution is -0.159. The summed E-state index contributed by atoms with van der Waals surface area (Å²) in [4.78, 5) is 28.6. The molecule has 0 aromatic rings. The second-order valence-corrected chi connectivity index (χ2v) is 11.2. The van der Waals surface area contributed by atoms with Gasteiger partial charge in [-0.25, -0.2) is 0 Å². The molecule has 0 aromatic heterocycles. The van der Waals surface area contributed by atoms with E-state index in [-0.39, 0.29) is 10.8 Å². The van der Waals surface area contributed by atoms with Gasteiger partial charge in [0.05, 0.1) is 0 Å². The Morgan fingerprint density at radius 2 is 1.79 bits per heavy atom. The van der Waals surface area contributed by atoms with Crippen LogP contribution in [0.4, 0.5) is 0 Å². The van der Waals surface area contributed by atoms with E-state index in [1.807, 2.05) is 7.05 Å². The maximum absolute atomic E-state index is 12.3. The zero-order chi connectivity index (χ0) is 20.8. The molecule has 4 aliphatic rings. The highest BCUT2D eigenvalue weighted by molar-refractivity contribution is 5.77. The minimum atomic E-state index is 0.286. The highest BCUT2D eigenvalue weighted by Gasteiger charge is 2.61. The molecule has 164 valence electrons. The van der Waals surface area contributed by atoms with Gasteiger partial charge in [-0.3, -0.25) is 9.59 Å². The van der Waals surface area contributed by atoms with E-state index in [0.29, 0.717) is 18.0 Å². The standard InChI is InChI=1S/C25H42N2O2/c1-5-6-7-16-27(17-28)22-11-9-19-18-8-10-21-24(2,15-13-23(29)26(21)4)20(18)12-14-25(19,22)3/h17-22H,5-16H2,1-4H3/t18?,19?,20?,21-,22+,24-,25+/m1/s1. The van der Waals surface area contributed by atoms with Crippen molar-refractivity contribution >= 4 is 12.3 Å². The van der Waals surface area contributed by atoms with Crippen LogP contribution < -0.4 is 0 Å². The molecule has 0 N–H and O–H groups in total. The van der Waals surface area contributed by atoms with Gasteiger partial charge in [0.25, 0.3) is 0 Å². The van der Waals surface area contributed by atoms with Crippen LogP contribution in [0.1, 0.15) is 91.4 Å². The Morgan fingerprint density at radius 1 is 1.03 bits per heavy atom. The minimum absolute atomic E-state index is 0.286. The summed E-state index contributed by atoms with van der Waals surface area (Å²) in [6.45, 7) is 8.17. The second-order valence-electron chi connectivity index (χ2n) is 11.2. The van der Waals surface area contributed by atoms with Crippen LogP contribution in [-0.4, -0.2) is 47.8 Å². The quantitative estimate of drug-likeness (QED) is 0.470. The summed E-state index contributed by atoms with van der Waals surface area (Å²) in [6.07, 6.45) is 14.0. The Hall–Kier alpha value is -1.06. The zero-order valence-electron chi connectivity index (χ0n) is 19.2. The van der Waals surface area contributed by atoms with E-state index in [1.54, 1.807) is 0 Å². The van der Waals surface area contributed by atoms with Crippen LogP contribution in [0.2, 0.25) is 0 Å². The molecular weight excluding hydrogens is 360 g/mol. The fraction of sp³-hybridized carbons (Fsp3) is 0.920. The van der Waals surface area contributed by atoms with Crippen LogP contribution in [0, 0.1) is 28.6 Å². The highest BCUT2D eigenvalue weighted by Crippen LogP contribution is 2.65. The Bertz CT molecular complexity index is 636. The number of likely N-dealkylation sites (tertiary alicyclic amines) is 1. The molecule has 4 rings (SSSR count). The number of hydrogen-bond acceptors (Lipinski definition) is 2. The molecule has 1 heterocycles. The van der Waals surface area contributed by atoms with E-state index < -0.39 is 0 Å². The van der Waals surface area contributed by atoms with Gasteiger partial charge in [0.1, 0.15) is 0 Å². The van der Waals surface area contributed by atoms with Gasteiger partial charge in [-0.1, -0.05) is 33.6 Å². The Balaban J connectivity index is 1.53. The summed E-state index contributed by atoms with van der Waals surface area (Å²) in [5, 5.41) is 0. The summed E-state index contributed by atoms with van der Waals surface area (Å²) in [6, 6.07) is 0.871. The molecule has 4 fully saturated rings. The van der Waals surface area contributed by atoms with E-state index in [9.17, 15) is 9.59 Å². The molecule has 29 heavy (non-hydrogen) atoms. The molecule has 1 saturated heterocycles. The van der Waals surface area contributed by atoms with Crippen LogP contribution >= 0.6 is 0 Å². The Labute approximate surface area is 177 Å². The van der Waals surface area contributed by atoms with Gasteiger partial charge < -0.3 is 9.80 Å². The maximum Gasteiger partial charge on any atom is 0.222 e. The van der Waals surface area contributed by atoms with E-state index >= 15 is 0 Å². The molecule has 1 aliphatic heterocycles. The van der Waals surface area contributed by atoms with Crippen molar-refractivity contribution in [3.8, 4) is 0 Å². The lowest BCUT2D eigenvalue weighted by Crippen LogP contribution is -2.62.